The van der Waals surface area contributed by atoms with Crippen LogP contribution in [0.5, 0.6) is 0 Å². The largest absolute Gasteiger partial charge is 0.337 e. The summed E-state index contributed by atoms with van der Waals surface area (Å²) in [4.78, 5) is 0. The molecule has 92 valence electrons. The molecule has 8 heteroatoms. The first-order valence-electron chi connectivity index (χ1n) is 4.57. The van der Waals surface area contributed by atoms with Crippen LogP contribution in [0.4, 0.5) is 0 Å². The van der Waals surface area contributed by atoms with Crippen LogP contribution in [-0.2, 0) is 20.8 Å². The van der Waals surface area contributed by atoms with E-state index in [-0.39, 0.29) is 0 Å². The quantitative estimate of drug-likeness (QED) is 0.593. The van der Waals surface area contributed by atoms with E-state index in [4.69, 9.17) is 46.4 Å². The Morgan fingerprint density at radius 3 is 2.12 bits per heavy atom. The van der Waals surface area contributed by atoms with Crippen LogP contribution in [0.15, 0.2) is 0 Å². The summed E-state index contributed by atoms with van der Waals surface area (Å²) in [5.74, 6) is 0. The molecule has 4 nitrogen and oxygen atoms in total. The first-order chi connectivity index (χ1) is 7.91. The SMILES string of the molecule is Cn1[c-][n+](Cn2[c-][n+](C)c(Cl)c2Cl)c(Cl)c1Cl. The molecular formula is C9H8Cl4N4. The van der Waals surface area contributed by atoms with Crippen LogP contribution in [-0.4, -0.2) is 9.13 Å². The predicted octanol–water partition coefficient (Wildman–Crippen LogP) is 1.66. The Labute approximate surface area is 118 Å². The van der Waals surface area contributed by atoms with Crippen molar-refractivity contribution in [2.45, 2.75) is 6.67 Å². The summed E-state index contributed by atoms with van der Waals surface area (Å²) < 4.78 is 6.40. The van der Waals surface area contributed by atoms with Gasteiger partial charge in [0.25, 0.3) is 0 Å². The first kappa shape index (κ1) is 13.0. The zero-order valence-electron chi connectivity index (χ0n) is 9.01. The highest BCUT2D eigenvalue weighted by molar-refractivity contribution is 6.40. The molecule has 2 aromatic heterocycles. The maximum Gasteiger partial charge on any atom is 0.209 e. The molecule has 0 radical (unpaired) electrons. The Kier molecular flexibility index (Phi) is 3.59. The Balaban J connectivity index is 2.38. The fraction of sp³-hybridized carbons (Fsp3) is 0.333. The highest BCUT2D eigenvalue weighted by Crippen LogP contribution is 2.19. The number of hydrogen-bond donors (Lipinski definition) is 0. The molecule has 0 unspecified atom stereocenters. The summed E-state index contributed by atoms with van der Waals surface area (Å²) in [6, 6.07) is 0. The van der Waals surface area contributed by atoms with E-state index in [1.807, 2.05) is 0 Å². The summed E-state index contributed by atoms with van der Waals surface area (Å²) in [5.41, 5.74) is 0. The van der Waals surface area contributed by atoms with Gasteiger partial charge in [0, 0.05) is 0 Å². The van der Waals surface area contributed by atoms with Gasteiger partial charge in [0.05, 0.1) is 24.4 Å². The van der Waals surface area contributed by atoms with Crippen LogP contribution >= 0.6 is 46.4 Å². The number of aryl methyl sites for hydroxylation is 2. The molecule has 0 aliphatic heterocycles. The molecular weight excluding hydrogens is 306 g/mol. The molecule has 0 N–H and O–H groups in total. The predicted molar refractivity (Wildman–Crippen MR) is 64.3 cm³/mol. The fourth-order valence-corrected chi connectivity index (χ4v) is 2.08. The van der Waals surface area contributed by atoms with E-state index in [2.05, 4.69) is 12.7 Å². The number of nitrogens with zero attached hydrogens (tertiary/aromatic N) is 4. The van der Waals surface area contributed by atoms with E-state index in [1.54, 1.807) is 32.4 Å². The molecule has 0 aliphatic rings. The van der Waals surface area contributed by atoms with Crippen molar-refractivity contribution in [3.8, 4) is 0 Å². The molecule has 2 aromatic rings. The summed E-state index contributed by atoms with van der Waals surface area (Å²) in [7, 11) is 3.50. The van der Waals surface area contributed by atoms with Crippen LogP contribution in [0.3, 0.4) is 0 Å². The second kappa shape index (κ2) is 4.69. The van der Waals surface area contributed by atoms with Crippen molar-refractivity contribution in [2.24, 2.45) is 14.1 Å². The minimum atomic E-state index is 0.332. The fourth-order valence-electron chi connectivity index (χ4n) is 1.37. The Morgan fingerprint density at radius 1 is 1.06 bits per heavy atom. The molecule has 0 aromatic carbocycles. The van der Waals surface area contributed by atoms with Gasteiger partial charge in [0.15, 0.2) is 6.67 Å². The van der Waals surface area contributed by atoms with Crippen LogP contribution in [0, 0.1) is 12.7 Å². The molecule has 0 bridgehead atoms. The lowest BCUT2D eigenvalue weighted by Crippen LogP contribution is -2.38. The van der Waals surface area contributed by atoms with Crippen molar-refractivity contribution < 1.29 is 9.13 Å². The van der Waals surface area contributed by atoms with Crippen molar-refractivity contribution in [1.82, 2.24) is 9.13 Å². The number of halogens is 4. The highest BCUT2D eigenvalue weighted by Gasteiger charge is 2.12. The van der Waals surface area contributed by atoms with E-state index in [1.165, 1.54) is 0 Å². The topological polar surface area (TPSA) is 17.6 Å². The number of aromatic nitrogens is 4. The zero-order valence-corrected chi connectivity index (χ0v) is 12.0. The lowest BCUT2D eigenvalue weighted by Gasteiger charge is -2.04. The van der Waals surface area contributed by atoms with Gasteiger partial charge >= 0.3 is 0 Å². The van der Waals surface area contributed by atoms with Crippen molar-refractivity contribution in [3.63, 3.8) is 0 Å². The normalized spacial score (nSPS) is 11.2. The Bertz CT molecular complexity index is 522. The van der Waals surface area contributed by atoms with Gasteiger partial charge in [-0.1, -0.05) is 0 Å². The monoisotopic (exact) mass is 312 g/mol. The smallest absolute Gasteiger partial charge is 0.209 e. The molecule has 2 rings (SSSR count). The lowest BCUT2D eigenvalue weighted by atomic mass is 10.8. The number of imidazole rings is 2. The lowest BCUT2D eigenvalue weighted by molar-refractivity contribution is -0.709. The third-order valence-corrected chi connectivity index (χ3v) is 4.05. The highest BCUT2D eigenvalue weighted by atomic mass is 35.5. The van der Waals surface area contributed by atoms with Gasteiger partial charge in [-0.2, -0.15) is 0 Å². The van der Waals surface area contributed by atoms with E-state index in [0.717, 1.165) is 0 Å². The van der Waals surface area contributed by atoms with Gasteiger partial charge in [-0.25, -0.2) is 0 Å². The van der Waals surface area contributed by atoms with E-state index in [0.29, 0.717) is 27.3 Å². The number of hydrogen-bond acceptors (Lipinski definition) is 0. The van der Waals surface area contributed by atoms with Crippen molar-refractivity contribution in [2.75, 3.05) is 0 Å². The second-order valence-electron chi connectivity index (χ2n) is 3.48. The molecule has 2 heterocycles. The standard InChI is InChI=1S/C9H8Cl4N4/c1-14-3-16(8(12)6(14)10)5-17-4-15(2)7(11)9(17)13/h5H2,1-2H3. The maximum atomic E-state index is 6.03. The minimum absolute atomic E-state index is 0.332. The Hall–Kier alpha value is -0.420. The summed E-state index contributed by atoms with van der Waals surface area (Å²) in [5, 5.41) is 1.58. The zero-order chi connectivity index (χ0) is 12.7. The van der Waals surface area contributed by atoms with Crippen molar-refractivity contribution >= 4 is 46.4 Å². The van der Waals surface area contributed by atoms with Gasteiger partial charge in [0.1, 0.15) is 10.3 Å². The molecule has 0 saturated carbocycles. The van der Waals surface area contributed by atoms with Crippen LogP contribution in [0.25, 0.3) is 0 Å². The third-order valence-electron chi connectivity index (χ3n) is 2.23. The molecule has 0 amide bonds. The van der Waals surface area contributed by atoms with E-state index in [9.17, 15) is 0 Å². The van der Waals surface area contributed by atoms with Gasteiger partial charge in [0.2, 0.25) is 12.7 Å². The van der Waals surface area contributed by atoms with E-state index >= 15 is 0 Å². The molecule has 0 saturated heterocycles. The third kappa shape index (κ3) is 2.27. The van der Waals surface area contributed by atoms with Crippen molar-refractivity contribution in [1.29, 1.82) is 0 Å². The van der Waals surface area contributed by atoms with Gasteiger partial charge < -0.3 is 9.13 Å². The molecule has 17 heavy (non-hydrogen) atoms. The van der Waals surface area contributed by atoms with Gasteiger partial charge in [-0.3, -0.25) is 9.13 Å². The second-order valence-corrected chi connectivity index (χ2v) is 4.91. The average molecular weight is 314 g/mol. The maximum absolute atomic E-state index is 6.03. The minimum Gasteiger partial charge on any atom is -0.337 e. The molecule has 0 aliphatic carbocycles. The molecule has 0 atom stereocenters. The van der Waals surface area contributed by atoms with Crippen molar-refractivity contribution in [3.05, 3.63) is 33.3 Å². The molecule has 0 fully saturated rings. The number of rotatable bonds is 2. The summed E-state index contributed by atoms with van der Waals surface area (Å²) in [6.45, 7) is 0.332. The summed E-state index contributed by atoms with van der Waals surface area (Å²) in [6.07, 6.45) is 5.87. The van der Waals surface area contributed by atoms with Gasteiger partial charge in [-0.05, 0) is 0 Å². The Morgan fingerprint density at radius 2 is 1.71 bits per heavy atom. The van der Waals surface area contributed by atoms with Crippen LogP contribution in [0.1, 0.15) is 0 Å². The van der Waals surface area contributed by atoms with Crippen LogP contribution < -0.4 is 9.13 Å². The van der Waals surface area contributed by atoms with Crippen LogP contribution in [0.2, 0.25) is 20.6 Å². The average Bonchev–Trinajstić information content (AvgIpc) is 2.66. The molecule has 0 spiro atoms. The summed E-state index contributed by atoms with van der Waals surface area (Å²) >= 11 is 23.9. The van der Waals surface area contributed by atoms with E-state index < -0.39 is 0 Å². The van der Waals surface area contributed by atoms with Gasteiger partial charge in [-0.15, -0.1) is 46.4 Å². The first-order valence-corrected chi connectivity index (χ1v) is 6.08.